The summed E-state index contributed by atoms with van der Waals surface area (Å²) in [6, 6.07) is 11.8. The van der Waals surface area contributed by atoms with Crippen molar-refractivity contribution in [2.45, 2.75) is 19.4 Å². The molecule has 0 saturated carbocycles. The maximum atomic E-state index is 12.4. The number of hydrogen-bond acceptors (Lipinski definition) is 5. The van der Waals surface area contributed by atoms with Crippen molar-refractivity contribution in [1.82, 2.24) is 0 Å². The maximum absolute atomic E-state index is 12.4. The van der Waals surface area contributed by atoms with Crippen molar-refractivity contribution in [2.75, 3.05) is 41.0 Å². The first-order valence-electron chi connectivity index (χ1n) is 9.53. The standard InChI is InChI=1S/C22H27NO5.ClH/c1-25-19-13-18(14-20(26-2)21(19)27-3)22(24)28-12-6-10-23-11-9-16-7-4-5-8-17(16)15-23;/h4-5,7-8,13-14H,6,9-12,15H2,1-3H3;1H. The Labute approximate surface area is 178 Å². The first-order valence-corrected chi connectivity index (χ1v) is 9.53. The van der Waals surface area contributed by atoms with Crippen molar-refractivity contribution >= 4 is 5.97 Å². The number of quaternary nitrogens is 1. The molecule has 158 valence electrons. The van der Waals surface area contributed by atoms with E-state index in [0.29, 0.717) is 29.4 Å². The van der Waals surface area contributed by atoms with Gasteiger partial charge in [-0.3, -0.25) is 0 Å². The Balaban J connectivity index is 0.00000300. The van der Waals surface area contributed by atoms with Crippen LogP contribution in [0.4, 0.5) is 0 Å². The van der Waals surface area contributed by atoms with Crippen LogP contribution < -0.4 is 31.5 Å². The van der Waals surface area contributed by atoms with Gasteiger partial charge in [-0.25, -0.2) is 4.79 Å². The van der Waals surface area contributed by atoms with Gasteiger partial charge in [0.1, 0.15) is 6.54 Å². The van der Waals surface area contributed by atoms with E-state index in [-0.39, 0.29) is 12.4 Å². The lowest BCUT2D eigenvalue weighted by molar-refractivity contribution is -0.916. The zero-order chi connectivity index (χ0) is 19.9. The summed E-state index contributed by atoms with van der Waals surface area (Å²) in [7, 11) is 4.57. The number of ether oxygens (including phenoxy) is 4. The molecular weight excluding hydrogens is 394 g/mol. The number of nitrogens with one attached hydrogen (secondary N) is 1. The van der Waals surface area contributed by atoms with Gasteiger partial charge in [0.05, 0.1) is 46.6 Å². The molecule has 0 saturated heterocycles. The highest BCUT2D eigenvalue weighted by Gasteiger charge is 2.20. The van der Waals surface area contributed by atoms with Gasteiger partial charge in [0, 0.05) is 18.4 Å². The van der Waals surface area contributed by atoms with Crippen LogP contribution >= 0.6 is 0 Å². The zero-order valence-electron chi connectivity index (χ0n) is 17.1. The van der Waals surface area contributed by atoms with E-state index in [0.717, 1.165) is 32.5 Å². The van der Waals surface area contributed by atoms with E-state index in [9.17, 15) is 4.79 Å². The van der Waals surface area contributed by atoms with Crippen LogP contribution in [-0.2, 0) is 17.7 Å². The molecule has 1 atom stereocenters. The van der Waals surface area contributed by atoms with Crippen LogP contribution in [-0.4, -0.2) is 47.0 Å². The number of hydrogen-bond donors (Lipinski definition) is 1. The quantitative estimate of drug-likeness (QED) is 0.433. The van der Waals surface area contributed by atoms with Gasteiger partial charge in [0.15, 0.2) is 11.5 Å². The smallest absolute Gasteiger partial charge is 0.338 e. The number of benzene rings is 2. The Bertz CT molecular complexity index is 802. The largest absolute Gasteiger partial charge is 1.00 e. The number of rotatable bonds is 8. The molecule has 0 fully saturated rings. The third kappa shape index (κ3) is 5.55. The summed E-state index contributed by atoms with van der Waals surface area (Å²) < 4.78 is 21.3. The molecule has 0 amide bonds. The molecule has 2 aromatic carbocycles. The van der Waals surface area contributed by atoms with Crippen molar-refractivity contribution in [3.63, 3.8) is 0 Å². The molecule has 0 spiro atoms. The molecule has 1 N–H and O–H groups in total. The predicted octanol–water partition coefficient (Wildman–Crippen LogP) is -1.10. The molecule has 1 aliphatic heterocycles. The highest BCUT2D eigenvalue weighted by Crippen LogP contribution is 2.38. The molecule has 1 unspecified atom stereocenters. The van der Waals surface area contributed by atoms with E-state index < -0.39 is 5.97 Å². The van der Waals surface area contributed by atoms with Crippen molar-refractivity contribution < 1.29 is 41.0 Å². The molecule has 0 aliphatic carbocycles. The second-order valence-electron chi connectivity index (χ2n) is 6.85. The molecule has 1 heterocycles. The van der Waals surface area contributed by atoms with E-state index in [1.54, 1.807) is 12.1 Å². The van der Waals surface area contributed by atoms with Crippen LogP contribution in [0, 0.1) is 0 Å². The van der Waals surface area contributed by atoms with Crippen LogP contribution in [0.3, 0.4) is 0 Å². The third-order valence-corrected chi connectivity index (χ3v) is 5.11. The molecule has 0 aromatic heterocycles. The van der Waals surface area contributed by atoms with Gasteiger partial charge in [-0.2, -0.15) is 0 Å². The minimum absolute atomic E-state index is 0. The van der Waals surface area contributed by atoms with E-state index in [4.69, 9.17) is 18.9 Å². The van der Waals surface area contributed by atoms with Gasteiger partial charge < -0.3 is 36.3 Å². The normalized spacial score (nSPS) is 14.9. The lowest BCUT2D eigenvalue weighted by Crippen LogP contribution is -3.11. The number of methoxy groups -OCH3 is 3. The fourth-order valence-corrected chi connectivity index (χ4v) is 3.63. The molecular formula is C22H28ClNO5. The first kappa shape index (κ1) is 22.8. The molecule has 0 radical (unpaired) electrons. The summed E-state index contributed by atoms with van der Waals surface area (Å²) in [5.41, 5.74) is 3.27. The highest BCUT2D eigenvalue weighted by molar-refractivity contribution is 5.91. The second-order valence-corrected chi connectivity index (χ2v) is 6.85. The minimum Gasteiger partial charge on any atom is -1.00 e. The predicted molar refractivity (Wildman–Crippen MR) is 106 cm³/mol. The summed E-state index contributed by atoms with van der Waals surface area (Å²) in [6.45, 7) is 3.53. The number of fused-ring (bicyclic) bond motifs is 1. The van der Waals surface area contributed by atoms with Gasteiger partial charge in [-0.15, -0.1) is 0 Å². The Hall–Kier alpha value is -2.44. The second kappa shape index (κ2) is 10.9. The summed E-state index contributed by atoms with van der Waals surface area (Å²) >= 11 is 0. The molecule has 7 heteroatoms. The summed E-state index contributed by atoms with van der Waals surface area (Å²) in [5, 5.41) is 0. The van der Waals surface area contributed by atoms with Crippen LogP contribution in [0.2, 0.25) is 0 Å². The van der Waals surface area contributed by atoms with Crippen LogP contribution in [0.1, 0.15) is 27.9 Å². The average Bonchev–Trinajstić information content (AvgIpc) is 2.75. The number of carbonyl (C=O) groups excluding carboxylic acids is 1. The number of esters is 1. The maximum Gasteiger partial charge on any atom is 0.338 e. The van der Waals surface area contributed by atoms with Crippen molar-refractivity contribution in [3.05, 3.63) is 53.1 Å². The molecule has 6 nitrogen and oxygen atoms in total. The van der Waals surface area contributed by atoms with E-state index in [1.807, 2.05) is 0 Å². The van der Waals surface area contributed by atoms with Gasteiger partial charge in [-0.1, -0.05) is 24.3 Å². The minimum atomic E-state index is -0.391. The summed E-state index contributed by atoms with van der Waals surface area (Å²) in [5.74, 6) is 0.934. The van der Waals surface area contributed by atoms with Gasteiger partial charge in [-0.05, 0) is 17.7 Å². The van der Waals surface area contributed by atoms with E-state index in [1.165, 1.54) is 37.4 Å². The highest BCUT2D eigenvalue weighted by atomic mass is 35.5. The first-order chi connectivity index (χ1) is 13.7. The Kier molecular flexibility index (Phi) is 8.61. The molecule has 2 aromatic rings. The molecule has 29 heavy (non-hydrogen) atoms. The van der Waals surface area contributed by atoms with E-state index in [2.05, 4.69) is 24.3 Å². The van der Waals surface area contributed by atoms with Gasteiger partial charge in [0.25, 0.3) is 0 Å². The fourth-order valence-electron chi connectivity index (χ4n) is 3.63. The topological polar surface area (TPSA) is 58.4 Å². The van der Waals surface area contributed by atoms with Crippen molar-refractivity contribution in [3.8, 4) is 17.2 Å². The lowest BCUT2D eigenvalue weighted by atomic mass is 10.00. The monoisotopic (exact) mass is 421 g/mol. The van der Waals surface area contributed by atoms with Crippen molar-refractivity contribution in [2.24, 2.45) is 0 Å². The Morgan fingerprint density at radius 1 is 1.00 bits per heavy atom. The fraction of sp³-hybridized carbons (Fsp3) is 0.409. The summed E-state index contributed by atoms with van der Waals surface area (Å²) in [6.07, 6.45) is 1.93. The van der Waals surface area contributed by atoms with Crippen molar-refractivity contribution in [1.29, 1.82) is 0 Å². The Morgan fingerprint density at radius 3 is 2.28 bits per heavy atom. The third-order valence-electron chi connectivity index (χ3n) is 5.11. The SMILES string of the molecule is COc1cc(C(=O)OCCC[NH+]2CCc3ccccc3C2)cc(OC)c1OC.[Cl-]. The summed E-state index contributed by atoms with van der Waals surface area (Å²) in [4.78, 5) is 13.9. The lowest BCUT2D eigenvalue weighted by Gasteiger charge is -2.25. The molecule has 3 rings (SSSR count). The van der Waals surface area contributed by atoms with E-state index >= 15 is 0 Å². The van der Waals surface area contributed by atoms with Gasteiger partial charge in [0.2, 0.25) is 5.75 Å². The Morgan fingerprint density at radius 2 is 1.66 bits per heavy atom. The molecule has 1 aliphatic rings. The van der Waals surface area contributed by atoms with Crippen LogP contribution in [0.15, 0.2) is 36.4 Å². The number of halogens is 1. The van der Waals surface area contributed by atoms with Crippen LogP contribution in [0.5, 0.6) is 17.2 Å². The zero-order valence-corrected chi connectivity index (χ0v) is 17.9. The average molecular weight is 422 g/mol. The molecule has 0 bridgehead atoms. The van der Waals surface area contributed by atoms with Gasteiger partial charge >= 0.3 is 5.97 Å². The van der Waals surface area contributed by atoms with Crippen LogP contribution in [0.25, 0.3) is 0 Å². The number of carbonyl (C=O) groups is 1.